The molecule has 15 heavy (non-hydrogen) atoms. The number of fused-ring (bicyclic) bond motifs is 1. The number of rotatable bonds is 2. The standard InChI is InChI=1S/C12H15BrN2/c1-8(2)6-12-10-7-9(13)4-5-11(10)14-15(12)3/h4-5,7-8H,6H2,1-3H3. The van der Waals surface area contributed by atoms with Crippen molar-refractivity contribution in [2.45, 2.75) is 20.3 Å². The topological polar surface area (TPSA) is 17.8 Å². The normalized spacial score (nSPS) is 11.5. The summed E-state index contributed by atoms with van der Waals surface area (Å²) in [6.45, 7) is 4.47. The Kier molecular flexibility index (Phi) is 2.83. The van der Waals surface area contributed by atoms with Gasteiger partial charge in [-0.05, 0) is 30.5 Å². The molecule has 1 heterocycles. The fourth-order valence-corrected chi connectivity index (χ4v) is 2.21. The fourth-order valence-electron chi connectivity index (χ4n) is 1.85. The number of hydrogen-bond donors (Lipinski definition) is 0. The maximum absolute atomic E-state index is 4.50. The lowest BCUT2D eigenvalue weighted by atomic mass is 10.1. The van der Waals surface area contributed by atoms with Crippen LogP contribution in [0.2, 0.25) is 0 Å². The lowest BCUT2D eigenvalue weighted by Crippen LogP contribution is -2.02. The van der Waals surface area contributed by atoms with Gasteiger partial charge in [-0.3, -0.25) is 4.68 Å². The number of aromatic nitrogens is 2. The van der Waals surface area contributed by atoms with Gasteiger partial charge >= 0.3 is 0 Å². The Morgan fingerprint density at radius 1 is 1.40 bits per heavy atom. The Morgan fingerprint density at radius 2 is 2.13 bits per heavy atom. The Morgan fingerprint density at radius 3 is 2.80 bits per heavy atom. The summed E-state index contributed by atoms with van der Waals surface area (Å²) in [5.74, 6) is 0.655. The quantitative estimate of drug-likeness (QED) is 0.813. The van der Waals surface area contributed by atoms with E-state index < -0.39 is 0 Å². The molecular weight excluding hydrogens is 252 g/mol. The summed E-state index contributed by atoms with van der Waals surface area (Å²) in [5.41, 5.74) is 2.40. The molecule has 0 aliphatic carbocycles. The number of nitrogens with zero attached hydrogens (tertiary/aromatic N) is 2. The van der Waals surface area contributed by atoms with Gasteiger partial charge in [0.2, 0.25) is 0 Å². The molecule has 0 fully saturated rings. The summed E-state index contributed by atoms with van der Waals surface area (Å²) in [7, 11) is 2.02. The Hall–Kier alpha value is -0.830. The van der Waals surface area contributed by atoms with Crippen LogP contribution in [-0.2, 0) is 13.5 Å². The second-order valence-electron chi connectivity index (χ2n) is 4.33. The molecule has 0 aliphatic rings. The molecule has 0 aliphatic heterocycles. The highest BCUT2D eigenvalue weighted by Crippen LogP contribution is 2.24. The van der Waals surface area contributed by atoms with E-state index >= 15 is 0 Å². The minimum absolute atomic E-state index is 0.655. The van der Waals surface area contributed by atoms with Gasteiger partial charge < -0.3 is 0 Å². The molecule has 2 nitrogen and oxygen atoms in total. The first-order valence-corrected chi connectivity index (χ1v) is 5.98. The molecule has 80 valence electrons. The average Bonchev–Trinajstić information content (AvgIpc) is 2.43. The van der Waals surface area contributed by atoms with Crippen molar-refractivity contribution in [2.24, 2.45) is 13.0 Å². The third-order valence-electron chi connectivity index (χ3n) is 2.52. The Balaban J connectivity index is 2.60. The van der Waals surface area contributed by atoms with Gasteiger partial charge in [-0.15, -0.1) is 0 Å². The number of aryl methyl sites for hydroxylation is 1. The zero-order chi connectivity index (χ0) is 11.0. The summed E-state index contributed by atoms with van der Waals surface area (Å²) in [6.07, 6.45) is 1.07. The second kappa shape index (κ2) is 3.97. The smallest absolute Gasteiger partial charge is 0.0926 e. The zero-order valence-corrected chi connectivity index (χ0v) is 10.9. The largest absolute Gasteiger partial charge is 0.271 e. The van der Waals surface area contributed by atoms with E-state index in [4.69, 9.17) is 0 Å². The van der Waals surface area contributed by atoms with E-state index in [9.17, 15) is 0 Å². The van der Waals surface area contributed by atoms with Crippen molar-refractivity contribution < 1.29 is 0 Å². The van der Waals surface area contributed by atoms with Gasteiger partial charge in [0.1, 0.15) is 0 Å². The number of benzene rings is 1. The van der Waals surface area contributed by atoms with E-state index in [-0.39, 0.29) is 0 Å². The maximum Gasteiger partial charge on any atom is 0.0926 e. The summed E-state index contributed by atoms with van der Waals surface area (Å²) in [5, 5.41) is 5.77. The summed E-state index contributed by atoms with van der Waals surface area (Å²) in [6, 6.07) is 6.25. The Labute approximate surface area is 98.4 Å². The molecule has 2 aromatic rings. The molecule has 0 atom stereocenters. The highest BCUT2D eigenvalue weighted by Gasteiger charge is 2.10. The SMILES string of the molecule is CC(C)Cc1c2cc(Br)ccc2nn1C. The first-order valence-electron chi connectivity index (χ1n) is 5.19. The third kappa shape index (κ3) is 2.07. The van der Waals surface area contributed by atoms with Gasteiger partial charge in [-0.25, -0.2) is 0 Å². The van der Waals surface area contributed by atoms with Gasteiger partial charge in [-0.1, -0.05) is 29.8 Å². The first kappa shape index (κ1) is 10.7. The van der Waals surface area contributed by atoms with Crippen LogP contribution < -0.4 is 0 Å². The number of hydrogen-bond acceptors (Lipinski definition) is 1. The average molecular weight is 267 g/mol. The maximum atomic E-state index is 4.50. The molecule has 0 saturated heterocycles. The predicted octanol–water partition coefficient (Wildman–Crippen LogP) is 3.53. The molecule has 0 N–H and O–H groups in total. The van der Waals surface area contributed by atoms with Crippen molar-refractivity contribution in [3.63, 3.8) is 0 Å². The molecule has 1 aromatic carbocycles. The van der Waals surface area contributed by atoms with Crippen LogP contribution in [0.4, 0.5) is 0 Å². The van der Waals surface area contributed by atoms with Crippen LogP contribution in [0.15, 0.2) is 22.7 Å². The lowest BCUT2D eigenvalue weighted by molar-refractivity contribution is 0.599. The highest BCUT2D eigenvalue weighted by molar-refractivity contribution is 9.10. The molecule has 0 bridgehead atoms. The van der Waals surface area contributed by atoms with Gasteiger partial charge in [0, 0.05) is 22.6 Å². The monoisotopic (exact) mass is 266 g/mol. The van der Waals surface area contributed by atoms with Crippen LogP contribution in [-0.4, -0.2) is 9.78 Å². The minimum atomic E-state index is 0.655. The van der Waals surface area contributed by atoms with Crippen molar-refractivity contribution in [1.29, 1.82) is 0 Å². The molecule has 0 spiro atoms. The van der Waals surface area contributed by atoms with Crippen LogP contribution in [0.3, 0.4) is 0 Å². The van der Waals surface area contributed by atoms with Crippen molar-refractivity contribution in [3.05, 3.63) is 28.4 Å². The van der Waals surface area contributed by atoms with E-state index in [1.165, 1.54) is 11.1 Å². The van der Waals surface area contributed by atoms with Crippen LogP contribution in [0.1, 0.15) is 19.5 Å². The molecule has 3 heteroatoms. The van der Waals surface area contributed by atoms with E-state index in [0.29, 0.717) is 5.92 Å². The van der Waals surface area contributed by atoms with Gasteiger partial charge in [-0.2, -0.15) is 5.10 Å². The predicted molar refractivity (Wildman–Crippen MR) is 67.0 cm³/mol. The van der Waals surface area contributed by atoms with Gasteiger partial charge in [0.15, 0.2) is 0 Å². The van der Waals surface area contributed by atoms with Crippen LogP contribution in [0.5, 0.6) is 0 Å². The number of halogens is 1. The molecule has 1 aromatic heterocycles. The van der Waals surface area contributed by atoms with Crippen LogP contribution in [0.25, 0.3) is 10.9 Å². The molecular formula is C12H15BrN2. The van der Waals surface area contributed by atoms with Gasteiger partial charge in [0.05, 0.1) is 5.52 Å². The molecule has 0 radical (unpaired) electrons. The van der Waals surface area contributed by atoms with Crippen molar-refractivity contribution in [2.75, 3.05) is 0 Å². The fraction of sp³-hybridized carbons (Fsp3) is 0.417. The molecule has 0 saturated carbocycles. The Bertz CT molecular complexity index is 486. The lowest BCUT2D eigenvalue weighted by Gasteiger charge is -2.05. The van der Waals surface area contributed by atoms with Gasteiger partial charge in [0.25, 0.3) is 0 Å². The van der Waals surface area contributed by atoms with E-state index in [1.807, 2.05) is 17.8 Å². The molecule has 2 rings (SSSR count). The van der Waals surface area contributed by atoms with E-state index in [1.54, 1.807) is 0 Å². The summed E-state index contributed by atoms with van der Waals surface area (Å²) in [4.78, 5) is 0. The summed E-state index contributed by atoms with van der Waals surface area (Å²) < 4.78 is 3.12. The van der Waals surface area contributed by atoms with Crippen molar-refractivity contribution in [1.82, 2.24) is 9.78 Å². The highest BCUT2D eigenvalue weighted by atomic mass is 79.9. The summed E-state index contributed by atoms with van der Waals surface area (Å²) >= 11 is 3.51. The minimum Gasteiger partial charge on any atom is -0.271 e. The van der Waals surface area contributed by atoms with Crippen molar-refractivity contribution in [3.8, 4) is 0 Å². The van der Waals surface area contributed by atoms with E-state index in [2.05, 4.69) is 47.0 Å². The van der Waals surface area contributed by atoms with Crippen molar-refractivity contribution >= 4 is 26.8 Å². The first-order chi connectivity index (χ1) is 7.08. The third-order valence-corrected chi connectivity index (χ3v) is 3.01. The van der Waals surface area contributed by atoms with Crippen LogP contribution in [0, 0.1) is 5.92 Å². The molecule has 0 unspecified atom stereocenters. The second-order valence-corrected chi connectivity index (χ2v) is 5.25. The molecule has 0 amide bonds. The van der Waals surface area contributed by atoms with E-state index in [0.717, 1.165) is 16.4 Å². The van der Waals surface area contributed by atoms with Crippen LogP contribution >= 0.6 is 15.9 Å². The zero-order valence-electron chi connectivity index (χ0n) is 9.29.